The molecule has 0 saturated heterocycles. The number of nitrogens with zero attached hydrogens (tertiary/aromatic N) is 1. The van der Waals surface area contributed by atoms with E-state index in [4.69, 9.17) is 5.11 Å². The van der Waals surface area contributed by atoms with E-state index < -0.39 is 18.1 Å². The summed E-state index contributed by atoms with van der Waals surface area (Å²) in [6.07, 6.45) is 3.98. The summed E-state index contributed by atoms with van der Waals surface area (Å²) in [5.41, 5.74) is 0.0188. The number of carboxylic acid groups (broad SMARTS) is 1. The van der Waals surface area contributed by atoms with Crippen molar-refractivity contribution >= 4 is 29.1 Å². The van der Waals surface area contributed by atoms with Gasteiger partial charge in [0, 0.05) is 11.8 Å². The number of carbonyl (C=O) groups is 3. The van der Waals surface area contributed by atoms with Crippen molar-refractivity contribution in [2.45, 2.75) is 58.5 Å². The maximum atomic E-state index is 12.6. The van der Waals surface area contributed by atoms with Crippen molar-refractivity contribution in [1.82, 2.24) is 15.6 Å². The van der Waals surface area contributed by atoms with Gasteiger partial charge in [-0.05, 0) is 32.6 Å². The van der Waals surface area contributed by atoms with Gasteiger partial charge in [-0.2, -0.15) is 0 Å². The van der Waals surface area contributed by atoms with Crippen molar-refractivity contribution in [2.75, 3.05) is 0 Å². The van der Waals surface area contributed by atoms with Crippen molar-refractivity contribution in [2.24, 2.45) is 5.92 Å². The molecule has 1 aliphatic rings. The summed E-state index contributed by atoms with van der Waals surface area (Å²) in [6, 6.07) is -0.959. The summed E-state index contributed by atoms with van der Waals surface area (Å²) >= 11 is 1.26. The lowest BCUT2D eigenvalue weighted by atomic mass is 9.97. The Morgan fingerprint density at radius 2 is 1.88 bits per heavy atom. The predicted octanol–water partition coefficient (Wildman–Crippen LogP) is 2.02. The third kappa shape index (κ3) is 4.31. The fraction of sp³-hybridized carbons (Fsp3) is 0.625. The van der Waals surface area contributed by atoms with E-state index in [1.807, 2.05) is 0 Å². The lowest BCUT2D eigenvalue weighted by Gasteiger charge is -2.24. The number of amides is 2. The normalized spacial score (nSPS) is 17.3. The highest BCUT2D eigenvalue weighted by Gasteiger charge is 2.32. The number of aryl methyl sites for hydroxylation is 1. The summed E-state index contributed by atoms with van der Waals surface area (Å²) in [5, 5.41) is 15.2. The zero-order valence-corrected chi connectivity index (χ0v) is 14.9. The van der Waals surface area contributed by atoms with Crippen molar-refractivity contribution in [3.63, 3.8) is 0 Å². The Balaban J connectivity index is 2.08. The third-order valence-electron chi connectivity index (χ3n) is 4.26. The molecule has 0 spiro atoms. The van der Waals surface area contributed by atoms with Crippen LogP contribution in [0.3, 0.4) is 0 Å². The third-order valence-corrected chi connectivity index (χ3v) is 5.41. The van der Waals surface area contributed by atoms with Crippen LogP contribution in [0.25, 0.3) is 0 Å². The molecule has 2 atom stereocenters. The molecule has 2 rings (SSSR count). The molecule has 8 heteroatoms. The Morgan fingerprint density at radius 3 is 2.38 bits per heavy atom. The second kappa shape index (κ2) is 7.74. The van der Waals surface area contributed by atoms with Gasteiger partial charge < -0.3 is 15.7 Å². The molecule has 7 nitrogen and oxygen atoms in total. The molecule has 1 saturated carbocycles. The SMILES string of the molecule is CC(=O)NC(C(=O)NC(C)c1nc(C(=O)O)c(C)s1)C1CCCC1. The quantitative estimate of drug-likeness (QED) is 0.725. The number of hydrogen-bond acceptors (Lipinski definition) is 5. The van der Waals surface area contributed by atoms with Crippen LogP contribution in [-0.2, 0) is 9.59 Å². The van der Waals surface area contributed by atoms with Gasteiger partial charge >= 0.3 is 5.97 Å². The Labute approximate surface area is 144 Å². The van der Waals surface area contributed by atoms with Crippen LogP contribution in [0.1, 0.15) is 65.9 Å². The Bertz CT molecular complexity index is 637. The standard InChI is InChI=1S/C16H23N3O4S/c1-8(15-19-12(16(22)23)9(2)24-15)17-14(21)13(18-10(3)20)11-6-4-5-7-11/h8,11,13H,4-7H2,1-3H3,(H,17,21)(H,18,20)(H,22,23). The molecule has 0 bridgehead atoms. The summed E-state index contributed by atoms with van der Waals surface area (Å²) in [5.74, 6) is -1.40. The number of thiazole rings is 1. The maximum absolute atomic E-state index is 12.6. The largest absolute Gasteiger partial charge is 0.476 e. The smallest absolute Gasteiger partial charge is 0.355 e. The molecular weight excluding hydrogens is 330 g/mol. The molecule has 0 aliphatic heterocycles. The van der Waals surface area contributed by atoms with Gasteiger partial charge in [0.05, 0.1) is 6.04 Å². The van der Waals surface area contributed by atoms with Crippen LogP contribution in [-0.4, -0.2) is 33.9 Å². The minimum atomic E-state index is -1.07. The average Bonchev–Trinajstić information content (AvgIpc) is 3.13. The zero-order valence-electron chi connectivity index (χ0n) is 14.1. The van der Waals surface area contributed by atoms with Gasteiger partial charge in [-0.15, -0.1) is 11.3 Å². The first-order chi connectivity index (χ1) is 11.3. The van der Waals surface area contributed by atoms with Gasteiger partial charge in [-0.3, -0.25) is 9.59 Å². The van der Waals surface area contributed by atoms with E-state index in [0.29, 0.717) is 9.88 Å². The Kier molecular flexibility index (Phi) is 5.93. The molecule has 1 heterocycles. The average molecular weight is 353 g/mol. The van der Waals surface area contributed by atoms with Crippen molar-refractivity contribution in [3.05, 3.63) is 15.6 Å². The van der Waals surface area contributed by atoms with Crippen LogP contribution < -0.4 is 10.6 Å². The molecule has 1 aromatic heterocycles. The zero-order chi connectivity index (χ0) is 17.9. The van der Waals surface area contributed by atoms with Crippen molar-refractivity contribution in [1.29, 1.82) is 0 Å². The summed E-state index contributed by atoms with van der Waals surface area (Å²) in [7, 11) is 0. The number of hydrogen-bond donors (Lipinski definition) is 3. The fourth-order valence-corrected chi connectivity index (χ4v) is 3.99. The minimum Gasteiger partial charge on any atom is -0.476 e. The maximum Gasteiger partial charge on any atom is 0.355 e. The number of nitrogens with one attached hydrogen (secondary N) is 2. The lowest BCUT2D eigenvalue weighted by Crippen LogP contribution is -2.50. The highest BCUT2D eigenvalue weighted by molar-refractivity contribution is 7.11. The van der Waals surface area contributed by atoms with Crippen LogP contribution in [0.5, 0.6) is 0 Å². The molecule has 1 aromatic rings. The topological polar surface area (TPSA) is 108 Å². The molecule has 2 amide bonds. The number of rotatable bonds is 6. The van der Waals surface area contributed by atoms with Crippen LogP contribution in [0.4, 0.5) is 0 Å². The van der Waals surface area contributed by atoms with Crippen molar-refractivity contribution in [3.8, 4) is 0 Å². The van der Waals surface area contributed by atoms with Crippen LogP contribution >= 0.6 is 11.3 Å². The van der Waals surface area contributed by atoms with Gasteiger partial charge in [-0.25, -0.2) is 9.78 Å². The predicted molar refractivity (Wildman–Crippen MR) is 89.9 cm³/mol. The molecule has 0 aromatic carbocycles. The monoisotopic (exact) mass is 353 g/mol. The first-order valence-corrected chi connectivity index (χ1v) is 8.89. The van der Waals surface area contributed by atoms with Gasteiger partial charge in [0.1, 0.15) is 11.0 Å². The van der Waals surface area contributed by atoms with Crippen LogP contribution in [0.2, 0.25) is 0 Å². The molecule has 1 aliphatic carbocycles. The second-order valence-electron chi connectivity index (χ2n) is 6.22. The molecule has 0 radical (unpaired) electrons. The lowest BCUT2D eigenvalue weighted by molar-refractivity contribution is -0.129. The molecule has 24 heavy (non-hydrogen) atoms. The van der Waals surface area contributed by atoms with Gasteiger partial charge in [0.15, 0.2) is 5.69 Å². The van der Waals surface area contributed by atoms with Gasteiger partial charge in [0.2, 0.25) is 11.8 Å². The highest BCUT2D eigenvalue weighted by atomic mass is 32.1. The number of carbonyl (C=O) groups excluding carboxylic acids is 2. The van der Waals surface area contributed by atoms with E-state index in [0.717, 1.165) is 25.7 Å². The summed E-state index contributed by atoms with van der Waals surface area (Å²) < 4.78 is 0. The van der Waals surface area contributed by atoms with E-state index in [1.165, 1.54) is 18.3 Å². The molecule has 132 valence electrons. The van der Waals surface area contributed by atoms with E-state index in [-0.39, 0.29) is 23.4 Å². The number of carboxylic acids is 1. The Morgan fingerprint density at radius 1 is 1.25 bits per heavy atom. The van der Waals surface area contributed by atoms with Crippen LogP contribution in [0.15, 0.2) is 0 Å². The minimum absolute atomic E-state index is 0.0188. The molecular formula is C16H23N3O4S. The number of aromatic carboxylic acids is 1. The van der Waals surface area contributed by atoms with E-state index >= 15 is 0 Å². The Hall–Kier alpha value is -1.96. The van der Waals surface area contributed by atoms with Crippen LogP contribution in [0, 0.1) is 12.8 Å². The molecule has 2 unspecified atom stereocenters. The first-order valence-electron chi connectivity index (χ1n) is 8.07. The summed E-state index contributed by atoms with van der Waals surface area (Å²) in [6.45, 7) is 4.86. The van der Waals surface area contributed by atoms with Crippen molar-refractivity contribution < 1.29 is 19.5 Å². The van der Waals surface area contributed by atoms with Gasteiger partial charge in [0.25, 0.3) is 0 Å². The van der Waals surface area contributed by atoms with E-state index in [1.54, 1.807) is 13.8 Å². The molecule has 1 fully saturated rings. The highest BCUT2D eigenvalue weighted by Crippen LogP contribution is 2.29. The van der Waals surface area contributed by atoms with Gasteiger partial charge in [-0.1, -0.05) is 12.8 Å². The second-order valence-corrected chi connectivity index (χ2v) is 7.45. The van der Waals surface area contributed by atoms with E-state index in [2.05, 4.69) is 15.6 Å². The summed E-state index contributed by atoms with van der Waals surface area (Å²) in [4.78, 5) is 39.8. The number of aromatic nitrogens is 1. The fourth-order valence-electron chi connectivity index (χ4n) is 3.07. The van der Waals surface area contributed by atoms with E-state index in [9.17, 15) is 14.4 Å². The molecule has 3 N–H and O–H groups in total. The first kappa shape index (κ1) is 18.4.